The van der Waals surface area contributed by atoms with Crippen LogP contribution in [-0.2, 0) is 23.1 Å². The molecule has 0 heterocycles. The summed E-state index contributed by atoms with van der Waals surface area (Å²) in [5.41, 5.74) is 4.60. The molecule has 0 bridgehead atoms. The molecule has 3 aromatic carbocycles. The first-order chi connectivity index (χ1) is 14.8. The summed E-state index contributed by atoms with van der Waals surface area (Å²) >= 11 is 0. The molecule has 0 fully saturated rings. The number of benzene rings is 3. The van der Waals surface area contributed by atoms with Gasteiger partial charge in [0.05, 0.1) is 4.90 Å². The second-order valence-corrected chi connectivity index (χ2v) is 9.55. The van der Waals surface area contributed by atoms with Crippen LogP contribution < -0.4 is 5.32 Å². The van der Waals surface area contributed by atoms with Gasteiger partial charge in [-0.05, 0) is 49.2 Å². The van der Waals surface area contributed by atoms with Crippen LogP contribution in [-0.4, -0.2) is 25.2 Å². The van der Waals surface area contributed by atoms with Crippen LogP contribution >= 0.6 is 0 Å². The van der Waals surface area contributed by atoms with E-state index in [0.29, 0.717) is 18.7 Å². The minimum Gasteiger partial charge on any atom is -0.348 e. The van der Waals surface area contributed by atoms with E-state index in [1.54, 1.807) is 48.5 Å². The summed E-state index contributed by atoms with van der Waals surface area (Å²) in [5, 5.41) is 2.91. The Balaban J connectivity index is 1.65. The highest BCUT2D eigenvalue weighted by molar-refractivity contribution is 7.89. The molecule has 0 aliphatic heterocycles. The fourth-order valence-electron chi connectivity index (χ4n) is 3.18. The van der Waals surface area contributed by atoms with Crippen LogP contribution in [0.1, 0.15) is 39.5 Å². The van der Waals surface area contributed by atoms with Crippen molar-refractivity contribution >= 4 is 15.9 Å². The van der Waals surface area contributed by atoms with Crippen LogP contribution in [0.2, 0.25) is 0 Å². The molecule has 0 aliphatic rings. The fourth-order valence-corrected chi connectivity index (χ4v) is 4.62. The summed E-state index contributed by atoms with van der Waals surface area (Å²) in [7, 11) is -3.58. The maximum absolute atomic E-state index is 13.0. The van der Waals surface area contributed by atoms with E-state index in [2.05, 4.69) is 5.32 Å². The van der Waals surface area contributed by atoms with Crippen LogP contribution in [0, 0.1) is 13.8 Å². The molecule has 162 valence electrons. The smallest absolute Gasteiger partial charge is 0.251 e. The molecule has 0 unspecified atom stereocenters. The van der Waals surface area contributed by atoms with E-state index in [0.717, 1.165) is 16.7 Å². The zero-order valence-corrected chi connectivity index (χ0v) is 18.9. The first-order valence-electron chi connectivity index (χ1n) is 10.3. The number of aryl methyl sites for hydroxylation is 2. The maximum atomic E-state index is 13.0. The molecular weight excluding hydrogens is 408 g/mol. The van der Waals surface area contributed by atoms with Crippen molar-refractivity contribution in [2.45, 2.75) is 38.8 Å². The molecule has 6 heteroatoms. The maximum Gasteiger partial charge on any atom is 0.251 e. The third-order valence-corrected chi connectivity index (χ3v) is 7.10. The van der Waals surface area contributed by atoms with Crippen molar-refractivity contribution in [2.24, 2.45) is 0 Å². The Morgan fingerprint density at radius 3 is 1.87 bits per heavy atom. The topological polar surface area (TPSA) is 66.5 Å². The molecule has 3 aromatic rings. The zero-order chi connectivity index (χ0) is 22.4. The quantitative estimate of drug-likeness (QED) is 0.568. The van der Waals surface area contributed by atoms with Gasteiger partial charge in [0, 0.05) is 25.2 Å². The average molecular weight is 437 g/mol. The second-order valence-electron chi connectivity index (χ2n) is 7.61. The van der Waals surface area contributed by atoms with Gasteiger partial charge >= 0.3 is 0 Å². The zero-order valence-electron chi connectivity index (χ0n) is 18.1. The predicted molar refractivity (Wildman–Crippen MR) is 123 cm³/mol. The molecule has 0 atom stereocenters. The monoisotopic (exact) mass is 436 g/mol. The molecule has 0 aliphatic carbocycles. The highest BCUT2D eigenvalue weighted by atomic mass is 32.2. The van der Waals surface area contributed by atoms with E-state index >= 15 is 0 Å². The SMILES string of the molecule is CCN(Cc1ccc(C(=O)NCc2ccc(C)cc2)cc1)S(=O)(=O)c1ccc(C)cc1. The van der Waals surface area contributed by atoms with E-state index in [-0.39, 0.29) is 17.3 Å². The van der Waals surface area contributed by atoms with Gasteiger partial charge < -0.3 is 5.32 Å². The Bertz CT molecular complexity index is 1120. The van der Waals surface area contributed by atoms with Crippen molar-refractivity contribution in [3.63, 3.8) is 0 Å². The highest BCUT2D eigenvalue weighted by Crippen LogP contribution is 2.19. The molecule has 0 saturated heterocycles. The third-order valence-electron chi connectivity index (χ3n) is 5.16. The molecule has 3 rings (SSSR count). The lowest BCUT2D eigenvalue weighted by molar-refractivity contribution is 0.0951. The van der Waals surface area contributed by atoms with E-state index in [1.165, 1.54) is 9.87 Å². The molecule has 0 spiro atoms. The largest absolute Gasteiger partial charge is 0.348 e. The molecule has 0 radical (unpaired) electrons. The molecule has 1 amide bonds. The van der Waals surface area contributed by atoms with Crippen molar-refractivity contribution in [2.75, 3.05) is 6.54 Å². The standard InChI is InChI=1S/C25H28N2O3S/c1-4-27(31(29,30)24-15-7-20(3)8-16-24)18-22-11-13-23(14-12-22)25(28)26-17-21-9-5-19(2)6-10-21/h5-16H,4,17-18H2,1-3H3,(H,26,28). The summed E-state index contributed by atoms with van der Waals surface area (Å²) < 4.78 is 27.3. The summed E-state index contributed by atoms with van der Waals surface area (Å²) in [6.07, 6.45) is 0. The van der Waals surface area contributed by atoms with E-state index in [9.17, 15) is 13.2 Å². The Morgan fingerprint density at radius 1 is 0.806 bits per heavy atom. The highest BCUT2D eigenvalue weighted by Gasteiger charge is 2.23. The van der Waals surface area contributed by atoms with E-state index < -0.39 is 10.0 Å². The van der Waals surface area contributed by atoms with Crippen LogP contribution in [0.3, 0.4) is 0 Å². The lowest BCUT2D eigenvalue weighted by atomic mass is 10.1. The second kappa shape index (κ2) is 9.90. The number of carbonyl (C=O) groups is 1. The summed E-state index contributed by atoms with van der Waals surface area (Å²) in [4.78, 5) is 12.7. The Kier molecular flexibility index (Phi) is 7.25. The van der Waals surface area contributed by atoms with Gasteiger partial charge in [-0.2, -0.15) is 4.31 Å². The number of carbonyl (C=O) groups excluding carboxylic acids is 1. The number of amides is 1. The van der Waals surface area contributed by atoms with Gasteiger partial charge in [0.2, 0.25) is 10.0 Å². The normalized spacial score (nSPS) is 11.5. The van der Waals surface area contributed by atoms with Gasteiger partial charge in [0.15, 0.2) is 0 Å². The number of sulfonamides is 1. The summed E-state index contributed by atoms with van der Waals surface area (Å²) in [5.74, 6) is -0.160. The van der Waals surface area contributed by atoms with Gasteiger partial charge in [-0.15, -0.1) is 0 Å². The number of hydrogen-bond acceptors (Lipinski definition) is 3. The van der Waals surface area contributed by atoms with Crippen LogP contribution in [0.25, 0.3) is 0 Å². The van der Waals surface area contributed by atoms with Crippen molar-refractivity contribution in [3.05, 3.63) is 101 Å². The summed E-state index contributed by atoms with van der Waals surface area (Å²) in [6.45, 7) is 6.83. The van der Waals surface area contributed by atoms with Gasteiger partial charge in [-0.3, -0.25) is 4.79 Å². The van der Waals surface area contributed by atoms with Gasteiger partial charge in [0.1, 0.15) is 0 Å². The molecule has 0 saturated carbocycles. The molecule has 31 heavy (non-hydrogen) atoms. The Morgan fingerprint density at radius 2 is 1.32 bits per heavy atom. The fraction of sp³-hybridized carbons (Fsp3) is 0.240. The van der Waals surface area contributed by atoms with E-state index in [4.69, 9.17) is 0 Å². The van der Waals surface area contributed by atoms with Gasteiger partial charge in [-0.25, -0.2) is 8.42 Å². The van der Waals surface area contributed by atoms with Gasteiger partial charge in [0.25, 0.3) is 5.91 Å². The summed E-state index contributed by atoms with van der Waals surface area (Å²) in [6, 6.07) is 21.9. The third kappa shape index (κ3) is 5.81. The minimum atomic E-state index is -3.58. The van der Waals surface area contributed by atoms with Crippen LogP contribution in [0.15, 0.2) is 77.7 Å². The number of hydrogen-bond donors (Lipinski definition) is 1. The molecule has 1 N–H and O–H groups in total. The van der Waals surface area contributed by atoms with Crippen LogP contribution in [0.4, 0.5) is 0 Å². The van der Waals surface area contributed by atoms with Crippen molar-refractivity contribution in [1.82, 2.24) is 9.62 Å². The average Bonchev–Trinajstić information content (AvgIpc) is 2.77. The van der Waals surface area contributed by atoms with E-state index in [1.807, 2.05) is 45.0 Å². The molecule has 0 aromatic heterocycles. The number of nitrogens with one attached hydrogen (secondary N) is 1. The van der Waals surface area contributed by atoms with Crippen molar-refractivity contribution in [3.8, 4) is 0 Å². The predicted octanol–water partition coefficient (Wildman–Crippen LogP) is 4.44. The van der Waals surface area contributed by atoms with Crippen LogP contribution in [0.5, 0.6) is 0 Å². The van der Waals surface area contributed by atoms with Crippen molar-refractivity contribution in [1.29, 1.82) is 0 Å². The number of rotatable bonds is 8. The lowest BCUT2D eigenvalue weighted by Crippen LogP contribution is -2.30. The minimum absolute atomic E-state index is 0.160. The van der Waals surface area contributed by atoms with Gasteiger partial charge in [-0.1, -0.05) is 66.6 Å². The lowest BCUT2D eigenvalue weighted by Gasteiger charge is -2.21. The van der Waals surface area contributed by atoms with Crippen molar-refractivity contribution < 1.29 is 13.2 Å². The molecular formula is C25H28N2O3S. The molecule has 5 nitrogen and oxygen atoms in total. The number of nitrogens with zero attached hydrogens (tertiary/aromatic N) is 1. The Labute approximate surface area is 184 Å². The first-order valence-corrected chi connectivity index (χ1v) is 11.7. The first kappa shape index (κ1) is 22.7. The Hall–Kier alpha value is -2.96.